The van der Waals surface area contributed by atoms with Crippen LogP contribution in [-0.2, 0) is 6.54 Å². The van der Waals surface area contributed by atoms with E-state index in [0.717, 1.165) is 25.1 Å². The number of aromatic nitrogens is 2. The topological polar surface area (TPSA) is 29.9 Å². The van der Waals surface area contributed by atoms with E-state index in [9.17, 15) is 0 Å². The molecule has 0 aliphatic carbocycles. The van der Waals surface area contributed by atoms with Crippen molar-refractivity contribution in [3.05, 3.63) is 42.2 Å². The molecule has 1 heterocycles. The van der Waals surface area contributed by atoms with E-state index in [1.54, 1.807) is 11.8 Å². The Bertz CT molecular complexity index is 532. The zero-order valence-corrected chi connectivity index (χ0v) is 13.3. The predicted molar refractivity (Wildman–Crippen MR) is 87.4 cm³/mol. The van der Waals surface area contributed by atoms with Crippen LogP contribution >= 0.6 is 11.8 Å². The van der Waals surface area contributed by atoms with Crippen molar-refractivity contribution in [2.24, 2.45) is 0 Å². The minimum Gasteiger partial charge on any atom is -0.378 e. The average molecular weight is 289 g/mol. The number of para-hydroxylation sites is 1. The SMILES string of the molecule is CCC(CC)n1ccc(CNc2ccccc2SC)n1. The lowest BCUT2D eigenvalue weighted by molar-refractivity contribution is 0.426. The fourth-order valence-corrected chi connectivity index (χ4v) is 2.89. The van der Waals surface area contributed by atoms with Crippen molar-refractivity contribution in [2.75, 3.05) is 11.6 Å². The molecule has 0 spiro atoms. The number of nitrogens with zero attached hydrogens (tertiary/aromatic N) is 2. The average Bonchev–Trinajstić information content (AvgIpc) is 2.95. The summed E-state index contributed by atoms with van der Waals surface area (Å²) in [6, 6.07) is 11.0. The molecule has 2 rings (SSSR count). The van der Waals surface area contributed by atoms with Gasteiger partial charge in [0.15, 0.2) is 0 Å². The Morgan fingerprint density at radius 2 is 1.95 bits per heavy atom. The number of benzene rings is 1. The number of rotatable bonds is 7. The zero-order chi connectivity index (χ0) is 14.4. The van der Waals surface area contributed by atoms with Gasteiger partial charge in [0.05, 0.1) is 18.3 Å². The van der Waals surface area contributed by atoms with E-state index in [4.69, 9.17) is 0 Å². The van der Waals surface area contributed by atoms with Crippen LogP contribution in [0.3, 0.4) is 0 Å². The number of hydrogen-bond donors (Lipinski definition) is 1. The first-order chi connectivity index (χ1) is 9.78. The summed E-state index contributed by atoms with van der Waals surface area (Å²) in [6.45, 7) is 5.19. The van der Waals surface area contributed by atoms with Gasteiger partial charge in [-0.25, -0.2) is 0 Å². The van der Waals surface area contributed by atoms with E-state index >= 15 is 0 Å². The largest absolute Gasteiger partial charge is 0.378 e. The summed E-state index contributed by atoms with van der Waals surface area (Å²) in [7, 11) is 0. The van der Waals surface area contributed by atoms with Gasteiger partial charge in [0.1, 0.15) is 0 Å². The lowest BCUT2D eigenvalue weighted by Gasteiger charge is -2.12. The van der Waals surface area contributed by atoms with Gasteiger partial charge in [0.2, 0.25) is 0 Å². The molecule has 1 aromatic carbocycles. The minimum atomic E-state index is 0.516. The van der Waals surface area contributed by atoms with E-state index in [-0.39, 0.29) is 0 Å². The van der Waals surface area contributed by atoms with Gasteiger partial charge in [-0.05, 0) is 37.3 Å². The number of nitrogens with one attached hydrogen (secondary N) is 1. The first-order valence-electron chi connectivity index (χ1n) is 7.19. The molecule has 0 atom stereocenters. The third-order valence-electron chi connectivity index (χ3n) is 3.55. The fourth-order valence-electron chi connectivity index (χ4n) is 2.31. The fraction of sp³-hybridized carbons (Fsp3) is 0.438. The van der Waals surface area contributed by atoms with Crippen molar-refractivity contribution in [2.45, 2.75) is 44.2 Å². The first-order valence-corrected chi connectivity index (χ1v) is 8.41. The van der Waals surface area contributed by atoms with Crippen molar-refractivity contribution < 1.29 is 0 Å². The lowest BCUT2D eigenvalue weighted by Crippen LogP contribution is -2.09. The molecule has 2 aromatic rings. The quantitative estimate of drug-likeness (QED) is 0.757. The van der Waals surface area contributed by atoms with Gasteiger partial charge >= 0.3 is 0 Å². The molecule has 0 saturated heterocycles. The first kappa shape index (κ1) is 15.0. The second-order valence-electron chi connectivity index (χ2n) is 4.81. The summed E-state index contributed by atoms with van der Waals surface area (Å²) >= 11 is 1.76. The zero-order valence-electron chi connectivity index (χ0n) is 12.5. The van der Waals surface area contributed by atoms with Gasteiger partial charge in [-0.15, -0.1) is 11.8 Å². The molecule has 1 aromatic heterocycles. The Morgan fingerprint density at radius 3 is 2.65 bits per heavy atom. The molecule has 0 aliphatic heterocycles. The van der Waals surface area contributed by atoms with Crippen LogP contribution in [0.15, 0.2) is 41.4 Å². The van der Waals surface area contributed by atoms with E-state index in [1.165, 1.54) is 10.6 Å². The maximum Gasteiger partial charge on any atom is 0.0815 e. The highest BCUT2D eigenvalue weighted by molar-refractivity contribution is 7.98. The van der Waals surface area contributed by atoms with Gasteiger partial charge < -0.3 is 5.32 Å². The summed E-state index contributed by atoms with van der Waals surface area (Å²) in [4.78, 5) is 1.27. The summed E-state index contributed by atoms with van der Waals surface area (Å²) in [5, 5.41) is 8.14. The molecular formula is C16H23N3S. The predicted octanol–water partition coefficient (Wildman–Crippen LogP) is 4.58. The van der Waals surface area contributed by atoms with Crippen molar-refractivity contribution in [1.29, 1.82) is 0 Å². The Kier molecular flexibility index (Phi) is 5.53. The second kappa shape index (κ2) is 7.39. The highest BCUT2D eigenvalue weighted by Crippen LogP contribution is 2.25. The van der Waals surface area contributed by atoms with Crippen LogP contribution in [0.2, 0.25) is 0 Å². The van der Waals surface area contributed by atoms with Crippen molar-refractivity contribution in [1.82, 2.24) is 9.78 Å². The Hall–Kier alpha value is -1.42. The molecule has 0 saturated carbocycles. The normalized spacial score (nSPS) is 11.0. The van der Waals surface area contributed by atoms with Gasteiger partial charge in [0.25, 0.3) is 0 Å². The molecule has 1 N–H and O–H groups in total. The molecule has 4 heteroatoms. The number of anilines is 1. The third kappa shape index (κ3) is 3.57. The maximum absolute atomic E-state index is 4.67. The van der Waals surface area contributed by atoms with Crippen molar-refractivity contribution >= 4 is 17.4 Å². The molecule has 0 radical (unpaired) electrons. The lowest BCUT2D eigenvalue weighted by atomic mass is 10.2. The molecule has 20 heavy (non-hydrogen) atoms. The van der Waals surface area contributed by atoms with Crippen LogP contribution in [0.25, 0.3) is 0 Å². The smallest absolute Gasteiger partial charge is 0.0815 e. The second-order valence-corrected chi connectivity index (χ2v) is 5.66. The van der Waals surface area contributed by atoms with Gasteiger partial charge in [-0.3, -0.25) is 4.68 Å². The Balaban J connectivity index is 2.01. The number of hydrogen-bond acceptors (Lipinski definition) is 3. The summed E-state index contributed by atoms with van der Waals surface area (Å²) < 4.78 is 2.09. The molecule has 3 nitrogen and oxygen atoms in total. The molecule has 0 unspecified atom stereocenters. The molecule has 0 amide bonds. The molecular weight excluding hydrogens is 266 g/mol. The van der Waals surface area contributed by atoms with Crippen molar-refractivity contribution in [3.8, 4) is 0 Å². The standard InChI is InChI=1S/C16H23N3S/c1-4-14(5-2)19-11-10-13(18-19)12-17-15-8-6-7-9-16(15)20-3/h6-11,14,17H,4-5,12H2,1-3H3. The monoisotopic (exact) mass is 289 g/mol. The van der Waals surface area contributed by atoms with Gasteiger partial charge in [-0.2, -0.15) is 5.10 Å². The van der Waals surface area contributed by atoms with Crippen LogP contribution in [0.4, 0.5) is 5.69 Å². The van der Waals surface area contributed by atoms with E-state index in [1.807, 2.05) is 0 Å². The Morgan fingerprint density at radius 1 is 1.20 bits per heavy atom. The molecule has 108 valence electrons. The van der Waals surface area contributed by atoms with Crippen LogP contribution in [0.1, 0.15) is 38.4 Å². The van der Waals surface area contributed by atoms with Gasteiger partial charge in [0, 0.05) is 16.8 Å². The van der Waals surface area contributed by atoms with E-state index in [2.05, 4.69) is 71.7 Å². The van der Waals surface area contributed by atoms with Crippen LogP contribution < -0.4 is 5.32 Å². The van der Waals surface area contributed by atoms with Crippen LogP contribution in [-0.4, -0.2) is 16.0 Å². The minimum absolute atomic E-state index is 0.516. The summed E-state index contributed by atoms with van der Waals surface area (Å²) in [6.07, 6.45) is 6.44. The third-order valence-corrected chi connectivity index (χ3v) is 4.34. The number of thioether (sulfide) groups is 1. The summed E-state index contributed by atoms with van der Waals surface area (Å²) in [5.74, 6) is 0. The summed E-state index contributed by atoms with van der Waals surface area (Å²) in [5.41, 5.74) is 2.27. The van der Waals surface area contributed by atoms with Crippen LogP contribution in [0.5, 0.6) is 0 Å². The molecule has 0 bridgehead atoms. The van der Waals surface area contributed by atoms with Gasteiger partial charge in [-0.1, -0.05) is 26.0 Å². The Labute approximate surface area is 125 Å². The van der Waals surface area contributed by atoms with E-state index < -0.39 is 0 Å². The van der Waals surface area contributed by atoms with Crippen molar-refractivity contribution in [3.63, 3.8) is 0 Å². The highest BCUT2D eigenvalue weighted by atomic mass is 32.2. The molecule has 0 fully saturated rings. The molecule has 0 aliphatic rings. The van der Waals surface area contributed by atoms with E-state index in [0.29, 0.717) is 6.04 Å². The highest BCUT2D eigenvalue weighted by Gasteiger charge is 2.08. The maximum atomic E-state index is 4.67. The van der Waals surface area contributed by atoms with Crippen LogP contribution in [0, 0.1) is 0 Å².